The second kappa shape index (κ2) is 16.1. The molecule has 0 aliphatic rings. The van der Waals surface area contributed by atoms with Gasteiger partial charge in [0.15, 0.2) is 0 Å². The topological polar surface area (TPSA) is 0 Å². The number of rotatable bonds is 9. The fourth-order valence-electron chi connectivity index (χ4n) is 1.66. The van der Waals surface area contributed by atoms with Crippen molar-refractivity contribution in [1.82, 2.24) is 0 Å². The van der Waals surface area contributed by atoms with E-state index in [2.05, 4.69) is 20.8 Å². The molecule has 18 heavy (non-hydrogen) atoms. The van der Waals surface area contributed by atoms with Crippen LogP contribution in [0.4, 0.5) is 0 Å². The molecule has 0 aliphatic carbocycles. The van der Waals surface area contributed by atoms with Gasteiger partial charge in [-0.3, -0.25) is 0 Å². The summed E-state index contributed by atoms with van der Waals surface area (Å²) in [7, 11) is 20.1. The zero-order valence-corrected chi connectivity index (χ0v) is 20.6. The molecule has 0 N–H and O–H groups in total. The number of unbranched alkanes of at least 4 members (excludes halogenated alkanes) is 3. The molecule has 0 saturated heterocycles. The van der Waals surface area contributed by atoms with E-state index in [-0.39, 0.29) is 0 Å². The first kappa shape index (κ1) is 23.0. The summed E-state index contributed by atoms with van der Waals surface area (Å²) in [5.74, 6) is 0. The summed E-state index contributed by atoms with van der Waals surface area (Å²) in [4.78, 5) is 0. The Morgan fingerprint density at radius 3 is 1.06 bits per heavy atom. The van der Waals surface area contributed by atoms with Crippen LogP contribution in [0.25, 0.3) is 0 Å². The molecule has 0 aliphatic heterocycles. The van der Waals surface area contributed by atoms with E-state index in [9.17, 15) is 0 Å². The Bertz CT molecular complexity index is 138. The molecule has 111 valence electrons. The maximum absolute atomic E-state index is 5.04. The van der Waals surface area contributed by atoms with E-state index in [4.69, 9.17) is 35.7 Å². The van der Waals surface area contributed by atoms with Gasteiger partial charge in [-0.2, -0.15) is 0 Å². The molecule has 0 heterocycles. The molecule has 0 nitrogen and oxygen atoms in total. The van der Waals surface area contributed by atoms with Crippen LogP contribution >= 0.6 is 35.7 Å². The summed E-state index contributed by atoms with van der Waals surface area (Å²) in [5.41, 5.74) is 0. The standard InChI is InChI=1S/3C4H9.4ClH.2Sn/c3*1-3-4-2;;;;;;/h3*1,3-4H2,2H3;4*1H;;/q;;;;;;;;+4/p-4. The summed E-state index contributed by atoms with van der Waals surface area (Å²) >= 11 is -4.13. The molecule has 0 unspecified atom stereocenters. The summed E-state index contributed by atoms with van der Waals surface area (Å²) < 4.78 is 5.04. The second-order valence-electron chi connectivity index (χ2n) is 4.49. The van der Waals surface area contributed by atoms with Crippen molar-refractivity contribution in [3.8, 4) is 0 Å². The van der Waals surface area contributed by atoms with Gasteiger partial charge >= 0.3 is 142 Å². The molecule has 1 radical (unpaired) electrons. The molecule has 0 aromatic heterocycles. The van der Waals surface area contributed by atoms with Crippen molar-refractivity contribution in [1.29, 1.82) is 0 Å². The summed E-state index contributed by atoms with van der Waals surface area (Å²) in [6, 6.07) is 0. The van der Waals surface area contributed by atoms with Crippen LogP contribution in [0.3, 0.4) is 0 Å². The Morgan fingerprint density at radius 1 is 0.667 bits per heavy atom. The van der Waals surface area contributed by atoms with Gasteiger partial charge in [-0.15, -0.1) is 0 Å². The van der Waals surface area contributed by atoms with Gasteiger partial charge < -0.3 is 0 Å². The van der Waals surface area contributed by atoms with Crippen molar-refractivity contribution in [3.63, 3.8) is 0 Å². The van der Waals surface area contributed by atoms with E-state index in [1.54, 1.807) is 13.3 Å². The third-order valence-electron chi connectivity index (χ3n) is 2.65. The minimum absolute atomic E-state index is 0.839. The maximum atomic E-state index is 5.04. The Kier molecular flexibility index (Phi) is 20.6. The van der Waals surface area contributed by atoms with E-state index >= 15 is 0 Å². The number of hydrogen-bond acceptors (Lipinski definition) is 0. The molecule has 0 aromatic rings. The molecule has 0 saturated carbocycles. The van der Waals surface area contributed by atoms with Gasteiger partial charge in [0.2, 0.25) is 0 Å². The van der Waals surface area contributed by atoms with Crippen LogP contribution in [0, 0.1) is 0 Å². The third-order valence-corrected chi connectivity index (χ3v) is 11.7. The van der Waals surface area contributed by atoms with E-state index in [0.29, 0.717) is 0 Å². The molecule has 0 aromatic carbocycles. The zero-order valence-electron chi connectivity index (χ0n) is 11.9. The van der Waals surface area contributed by atoms with Crippen LogP contribution in [-0.4, -0.2) is 33.6 Å². The molecule has 0 spiro atoms. The zero-order chi connectivity index (χ0) is 14.4. The average Bonchev–Trinajstić information content (AvgIpc) is 2.26. The third kappa shape index (κ3) is 27.2. The normalized spacial score (nSPS) is 11.3. The number of halogens is 4. The van der Waals surface area contributed by atoms with Crippen molar-refractivity contribution in [2.45, 2.75) is 72.6 Å². The molecular formula is C12H27Cl4Sn2. The van der Waals surface area contributed by atoms with Gasteiger partial charge in [-0.05, 0) is 0 Å². The van der Waals surface area contributed by atoms with Crippen molar-refractivity contribution in [2.75, 3.05) is 0 Å². The Hall–Kier alpha value is 2.76. The van der Waals surface area contributed by atoms with E-state index in [0.717, 1.165) is 0 Å². The van der Waals surface area contributed by atoms with Crippen molar-refractivity contribution < 1.29 is 0 Å². The van der Waals surface area contributed by atoms with Gasteiger partial charge in [0.25, 0.3) is 0 Å². The van der Waals surface area contributed by atoms with Gasteiger partial charge in [0.05, 0.1) is 0 Å². The van der Waals surface area contributed by atoms with E-state index < -0.39 is 33.6 Å². The van der Waals surface area contributed by atoms with Crippen LogP contribution < -0.4 is 0 Å². The first-order valence-corrected chi connectivity index (χ1v) is 27.4. The molecule has 0 bridgehead atoms. The minimum atomic E-state index is -3.29. The van der Waals surface area contributed by atoms with Gasteiger partial charge in [0, 0.05) is 0 Å². The average molecular weight is 551 g/mol. The fraction of sp³-hybridized carbons (Fsp3) is 1.00. The Labute approximate surface area is 140 Å². The van der Waals surface area contributed by atoms with E-state index in [1.807, 2.05) is 0 Å². The monoisotopic (exact) mass is 551 g/mol. The van der Waals surface area contributed by atoms with Crippen molar-refractivity contribution >= 4 is 69.3 Å². The second-order valence-corrected chi connectivity index (χ2v) is 38.5. The molecule has 0 amide bonds. The van der Waals surface area contributed by atoms with Crippen LogP contribution in [-0.2, 0) is 0 Å². The quantitative estimate of drug-likeness (QED) is 0.265. The van der Waals surface area contributed by atoms with Crippen molar-refractivity contribution in [3.05, 3.63) is 0 Å². The molecule has 0 fully saturated rings. The Morgan fingerprint density at radius 2 is 0.889 bits per heavy atom. The Balaban J connectivity index is 0. The van der Waals surface area contributed by atoms with Gasteiger partial charge in [-0.25, -0.2) is 0 Å². The van der Waals surface area contributed by atoms with Gasteiger partial charge in [-0.1, -0.05) is 0 Å². The predicted molar refractivity (Wildman–Crippen MR) is 94.1 cm³/mol. The van der Waals surface area contributed by atoms with Gasteiger partial charge in [0.1, 0.15) is 0 Å². The molecule has 0 rings (SSSR count). The van der Waals surface area contributed by atoms with Crippen LogP contribution in [0.1, 0.15) is 59.3 Å². The first-order valence-electron chi connectivity index (χ1n) is 6.94. The van der Waals surface area contributed by atoms with E-state index in [1.165, 1.54) is 38.5 Å². The molecule has 0 atom stereocenters. The molecular weight excluding hydrogens is 523 g/mol. The summed E-state index contributed by atoms with van der Waals surface area (Å²) in [6.45, 7) is 7.00. The fourth-order valence-corrected chi connectivity index (χ4v) is 11.1. The van der Waals surface area contributed by atoms with Crippen molar-refractivity contribution in [2.24, 2.45) is 0 Å². The first-order chi connectivity index (χ1) is 8.35. The predicted octanol–water partition coefficient (Wildman–Crippen LogP) is 7.26. The van der Waals surface area contributed by atoms with Crippen LogP contribution in [0.5, 0.6) is 0 Å². The van der Waals surface area contributed by atoms with Crippen LogP contribution in [0.2, 0.25) is 13.3 Å². The van der Waals surface area contributed by atoms with Crippen LogP contribution in [0.15, 0.2) is 0 Å². The summed E-state index contributed by atoms with van der Waals surface area (Å²) in [6.07, 6.45) is 8.85. The summed E-state index contributed by atoms with van der Waals surface area (Å²) in [5, 5.41) is 0. The SMILES string of the molecule is CCC[CH2][Sn]([CH2]CCC)[CH2]CCC.[Cl][Sn]([Cl])([Cl])[Cl]. The number of hydrogen-bond donors (Lipinski definition) is 0. The molecule has 6 heteroatoms.